The van der Waals surface area contributed by atoms with Gasteiger partial charge in [0.2, 0.25) is 12.3 Å². The van der Waals surface area contributed by atoms with E-state index in [2.05, 4.69) is 15.2 Å². The molecule has 1 saturated heterocycles. The lowest BCUT2D eigenvalue weighted by Crippen LogP contribution is -2.45. The number of anilines is 2. The number of nitrogens with zero attached hydrogens (tertiary/aromatic N) is 3. The molecule has 1 N–H and O–H groups in total. The standard InChI is InChI=1S/C19H22N4O2/c1-15-3-2-4-16(11-15)12-19(25)21-18-6-5-17(13-20-18)23-9-7-22(14-24)8-10-23/h2-6,11,13-14H,7-10,12H2,1H3,(H,20,21,25). The number of carbonyl (C=O) groups excluding carboxylic acids is 2. The quantitative estimate of drug-likeness (QED) is 0.845. The largest absolute Gasteiger partial charge is 0.367 e. The lowest BCUT2D eigenvalue weighted by Gasteiger charge is -2.33. The van der Waals surface area contributed by atoms with Gasteiger partial charge in [-0.25, -0.2) is 4.98 Å². The fourth-order valence-corrected chi connectivity index (χ4v) is 2.93. The van der Waals surface area contributed by atoms with Crippen LogP contribution < -0.4 is 10.2 Å². The molecule has 3 rings (SSSR count). The smallest absolute Gasteiger partial charge is 0.229 e. The van der Waals surface area contributed by atoms with Crippen molar-refractivity contribution < 1.29 is 9.59 Å². The van der Waals surface area contributed by atoms with Crippen LogP contribution in [0.4, 0.5) is 11.5 Å². The van der Waals surface area contributed by atoms with Crippen LogP contribution in [0.15, 0.2) is 42.6 Å². The van der Waals surface area contributed by atoms with E-state index in [9.17, 15) is 9.59 Å². The third kappa shape index (κ3) is 4.56. The molecule has 2 heterocycles. The third-order valence-corrected chi connectivity index (χ3v) is 4.29. The molecule has 1 aromatic heterocycles. The zero-order valence-electron chi connectivity index (χ0n) is 14.3. The van der Waals surface area contributed by atoms with Crippen LogP contribution in [0.2, 0.25) is 0 Å². The van der Waals surface area contributed by atoms with E-state index in [1.807, 2.05) is 43.3 Å². The molecule has 2 amide bonds. The van der Waals surface area contributed by atoms with Crippen LogP contribution in [0.3, 0.4) is 0 Å². The van der Waals surface area contributed by atoms with E-state index in [4.69, 9.17) is 0 Å². The number of hydrogen-bond acceptors (Lipinski definition) is 4. The van der Waals surface area contributed by atoms with Gasteiger partial charge < -0.3 is 15.1 Å². The van der Waals surface area contributed by atoms with Crippen LogP contribution in [-0.2, 0) is 16.0 Å². The van der Waals surface area contributed by atoms with Gasteiger partial charge in [0.15, 0.2) is 0 Å². The fourth-order valence-electron chi connectivity index (χ4n) is 2.93. The molecule has 0 saturated carbocycles. The second-order valence-corrected chi connectivity index (χ2v) is 6.24. The summed E-state index contributed by atoms with van der Waals surface area (Å²) < 4.78 is 0. The Morgan fingerprint density at radius 3 is 2.64 bits per heavy atom. The van der Waals surface area contributed by atoms with Crippen molar-refractivity contribution in [2.24, 2.45) is 0 Å². The molecule has 1 fully saturated rings. The predicted octanol–water partition coefficient (Wildman–Crippen LogP) is 1.85. The molecule has 0 radical (unpaired) electrons. The highest BCUT2D eigenvalue weighted by atomic mass is 16.1. The molecule has 0 spiro atoms. The number of hydrogen-bond donors (Lipinski definition) is 1. The Hall–Kier alpha value is -2.89. The van der Waals surface area contributed by atoms with Gasteiger partial charge in [0.05, 0.1) is 18.3 Å². The number of nitrogens with one attached hydrogen (secondary N) is 1. The minimum absolute atomic E-state index is 0.0783. The fraction of sp³-hybridized carbons (Fsp3) is 0.316. The van der Waals surface area contributed by atoms with Crippen molar-refractivity contribution in [1.82, 2.24) is 9.88 Å². The summed E-state index contributed by atoms with van der Waals surface area (Å²) in [5.74, 6) is 0.471. The topological polar surface area (TPSA) is 65.5 Å². The molecule has 0 atom stereocenters. The molecule has 6 heteroatoms. The first kappa shape index (κ1) is 17.0. The average molecular weight is 338 g/mol. The number of benzene rings is 1. The van der Waals surface area contributed by atoms with Crippen LogP contribution >= 0.6 is 0 Å². The summed E-state index contributed by atoms with van der Waals surface area (Å²) in [4.78, 5) is 31.2. The van der Waals surface area contributed by atoms with Crippen molar-refractivity contribution in [2.75, 3.05) is 36.4 Å². The zero-order chi connectivity index (χ0) is 17.6. The molecule has 1 aromatic carbocycles. The number of amides is 2. The minimum Gasteiger partial charge on any atom is -0.367 e. The first-order chi connectivity index (χ1) is 12.1. The lowest BCUT2D eigenvalue weighted by atomic mass is 10.1. The van der Waals surface area contributed by atoms with E-state index in [1.54, 1.807) is 11.1 Å². The zero-order valence-corrected chi connectivity index (χ0v) is 14.3. The predicted molar refractivity (Wildman–Crippen MR) is 97.6 cm³/mol. The Morgan fingerprint density at radius 1 is 1.20 bits per heavy atom. The van der Waals surface area contributed by atoms with Crippen LogP contribution in [0.25, 0.3) is 0 Å². The Morgan fingerprint density at radius 2 is 2.00 bits per heavy atom. The van der Waals surface area contributed by atoms with E-state index >= 15 is 0 Å². The van der Waals surface area contributed by atoms with Gasteiger partial charge in [0.1, 0.15) is 5.82 Å². The number of aromatic nitrogens is 1. The third-order valence-electron chi connectivity index (χ3n) is 4.29. The molecule has 130 valence electrons. The Bertz CT molecular complexity index is 737. The SMILES string of the molecule is Cc1cccc(CC(=O)Nc2ccc(N3CCN(C=O)CC3)cn2)c1. The molecular formula is C19H22N4O2. The number of pyridine rings is 1. The van der Waals surface area contributed by atoms with Crippen molar-refractivity contribution in [3.8, 4) is 0 Å². The van der Waals surface area contributed by atoms with Gasteiger partial charge in [0.25, 0.3) is 0 Å². The maximum atomic E-state index is 12.1. The van der Waals surface area contributed by atoms with Gasteiger partial charge in [-0.15, -0.1) is 0 Å². The van der Waals surface area contributed by atoms with Crippen molar-refractivity contribution in [2.45, 2.75) is 13.3 Å². The average Bonchev–Trinajstić information content (AvgIpc) is 2.62. The molecule has 25 heavy (non-hydrogen) atoms. The summed E-state index contributed by atoms with van der Waals surface area (Å²) in [5.41, 5.74) is 3.13. The van der Waals surface area contributed by atoms with Crippen molar-refractivity contribution >= 4 is 23.8 Å². The van der Waals surface area contributed by atoms with Crippen LogP contribution in [0.1, 0.15) is 11.1 Å². The van der Waals surface area contributed by atoms with Gasteiger partial charge in [-0.05, 0) is 24.6 Å². The molecule has 0 bridgehead atoms. The number of aryl methyl sites for hydroxylation is 1. The van der Waals surface area contributed by atoms with Crippen LogP contribution in [0, 0.1) is 6.92 Å². The Kier molecular flexibility index (Phi) is 5.28. The summed E-state index contributed by atoms with van der Waals surface area (Å²) >= 11 is 0. The number of carbonyl (C=O) groups is 2. The number of rotatable bonds is 5. The summed E-state index contributed by atoms with van der Waals surface area (Å²) in [6.07, 6.45) is 2.99. The van der Waals surface area contributed by atoms with E-state index < -0.39 is 0 Å². The molecule has 2 aromatic rings. The van der Waals surface area contributed by atoms with Crippen LogP contribution in [-0.4, -0.2) is 48.4 Å². The second-order valence-electron chi connectivity index (χ2n) is 6.24. The maximum Gasteiger partial charge on any atom is 0.229 e. The molecule has 1 aliphatic rings. The van der Waals surface area contributed by atoms with E-state index in [0.717, 1.165) is 49.4 Å². The summed E-state index contributed by atoms with van der Waals surface area (Å²) in [7, 11) is 0. The summed E-state index contributed by atoms with van der Waals surface area (Å²) in [6, 6.07) is 11.7. The maximum absolute atomic E-state index is 12.1. The highest BCUT2D eigenvalue weighted by Gasteiger charge is 2.16. The van der Waals surface area contributed by atoms with E-state index in [0.29, 0.717) is 12.2 Å². The van der Waals surface area contributed by atoms with Crippen LogP contribution in [0.5, 0.6) is 0 Å². The minimum atomic E-state index is -0.0783. The molecular weight excluding hydrogens is 316 g/mol. The lowest BCUT2D eigenvalue weighted by molar-refractivity contribution is -0.118. The highest BCUT2D eigenvalue weighted by Crippen LogP contribution is 2.17. The summed E-state index contributed by atoms with van der Waals surface area (Å²) in [6.45, 7) is 5.03. The van der Waals surface area contributed by atoms with Crippen molar-refractivity contribution in [1.29, 1.82) is 0 Å². The van der Waals surface area contributed by atoms with Crippen molar-refractivity contribution in [3.05, 3.63) is 53.7 Å². The molecule has 6 nitrogen and oxygen atoms in total. The van der Waals surface area contributed by atoms with Gasteiger partial charge in [-0.1, -0.05) is 29.8 Å². The Labute approximate surface area is 147 Å². The first-order valence-electron chi connectivity index (χ1n) is 8.40. The van der Waals surface area contributed by atoms with Gasteiger partial charge in [-0.3, -0.25) is 9.59 Å². The van der Waals surface area contributed by atoms with Gasteiger partial charge >= 0.3 is 0 Å². The molecule has 0 unspecified atom stereocenters. The monoisotopic (exact) mass is 338 g/mol. The van der Waals surface area contributed by atoms with Gasteiger partial charge in [-0.2, -0.15) is 0 Å². The van der Waals surface area contributed by atoms with Gasteiger partial charge in [0, 0.05) is 26.2 Å². The summed E-state index contributed by atoms with van der Waals surface area (Å²) in [5, 5.41) is 2.83. The first-order valence-corrected chi connectivity index (χ1v) is 8.40. The number of piperazine rings is 1. The normalized spacial score (nSPS) is 14.3. The van der Waals surface area contributed by atoms with E-state index in [1.165, 1.54) is 0 Å². The molecule has 0 aliphatic carbocycles. The van der Waals surface area contributed by atoms with Crippen molar-refractivity contribution in [3.63, 3.8) is 0 Å². The molecule has 1 aliphatic heterocycles. The Balaban J connectivity index is 1.55. The van der Waals surface area contributed by atoms with E-state index in [-0.39, 0.29) is 5.91 Å². The second kappa shape index (κ2) is 7.79. The highest BCUT2D eigenvalue weighted by molar-refractivity contribution is 5.91.